The Bertz CT molecular complexity index is 584. The summed E-state index contributed by atoms with van der Waals surface area (Å²) in [6.45, 7) is 1.85. The van der Waals surface area contributed by atoms with Crippen molar-refractivity contribution in [2.45, 2.75) is 13.0 Å². The lowest BCUT2D eigenvalue weighted by atomic mass is 10.1. The fourth-order valence-corrected chi connectivity index (χ4v) is 3.27. The van der Waals surface area contributed by atoms with Crippen LogP contribution in [0.15, 0.2) is 17.8 Å². The van der Waals surface area contributed by atoms with Crippen LogP contribution < -0.4 is 15.0 Å². The maximum absolute atomic E-state index is 5.46. The fourth-order valence-electron chi connectivity index (χ4n) is 2.38. The molecule has 0 spiro atoms. The Morgan fingerprint density at radius 3 is 3.11 bits per heavy atom. The van der Waals surface area contributed by atoms with Crippen LogP contribution in [0.3, 0.4) is 0 Å². The van der Waals surface area contributed by atoms with Crippen LogP contribution in [0.25, 0.3) is 0 Å². The van der Waals surface area contributed by atoms with E-state index < -0.39 is 0 Å². The highest BCUT2D eigenvalue weighted by Gasteiger charge is 2.22. The van der Waals surface area contributed by atoms with Gasteiger partial charge in [-0.1, -0.05) is 0 Å². The first-order valence-corrected chi connectivity index (χ1v) is 7.08. The highest BCUT2D eigenvalue weighted by Crippen LogP contribution is 2.35. The van der Waals surface area contributed by atoms with Crippen LogP contribution in [0.2, 0.25) is 0 Å². The summed E-state index contributed by atoms with van der Waals surface area (Å²) in [4.78, 5) is 12.3. The van der Waals surface area contributed by atoms with Crippen LogP contribution in [0.5, 0.6) is 5.75 Å². The third-order valence-electron chi connectivity index (χ3n) is 3.33. The summed E-state index contributed by atoms with van der Waals surface area (Å²) < 4.78 is 5.46. The molecule has 1 aliphatic rings. The summed E-state index contributed by atoms with van der Waals surface area (Å²) in [5, 5.41) is 5.20. The molecule has 0 saturated heterocycles. The van der Waals surface area contributed by atoms with Gasteiger partial charge in [0.2, 0.25) is 5.75 Å². The first-order chi connectivity index (χ1) is 9.33. The van der Waals surface area contributed by atoms with E-state index in [9.17, 15) is 0 Å². The predicted octanol–water partition coefficient (Wildman–Crippen LogP) is 2.15. The van der Waals surface area contributed by atoms with Crippen LogP contribution in [0, 0.1) is 0 Å². The Morgan fingerprint density at radius 2 is 2.32 bits per heavy atom. The Labute approximate surface area is 116 Å². The van der Waals surface area contributed by atoms with Crippen molar-refractivity contribution in [3.8, 4) is 5.75 Å². The number of rotatable bonds is 3. The number of thiophene rings is 1. The van der Waals surface area contributed by atoms with E-state index in [1.807, 2.05) is 18.4 Å². The SMILES string of the molecule is CNc1ncnc(N2CCc3sccc3C2)c1OC. The predicted molar refractivity (Wildman–Crippen MR) is 77.2 cm³/mol. The molecule has 1 N–H and O–H groups in total. The third kappa shape index (κ3) is 2.12. The number of nitrogens with zero attached hydrogens (tertiary/aromatic N) is 3. The Balaban J connectivity index is 1.95. The smallest absolute Gasteiger partial charge is 0.204 e. The maximum atomic E-state index is 5.46. The molecule has 0 aliphatic carbocycles. The van der Waals surface area contributed by atoms with Gasteiger partial charge in [0.15, 0.2) is 11.6 Å². The lowest BCUT2D eigenvalue weighted by molar-refractivity contribution is 0.412. The van der Waals surface area contributed by atoms with Crippen LogP contribution >= 0.6 is 11.3 Å². The number of hydrogen-bond donors (Lipinski definition) is 1. The molecule has 0 bridgehead atoms. The Morgan fingerprint density at radius 1 is 1.42 bits per heavy atom. The van der Waals surface area contributed by atoms with Gasteiger partial charge in [0.05, 0.1) is 7.11 Å². The molecule has 100 valence electrons. The second-order valence-electron chi connectivity index (χ2n) is 4.37. The zero-order valence-corrected chi connectivity index (χ0v) is 11.8. The van der Waals surface area contributed by atoms with E-state index >= 15 is 0 Å². The summed E-state index contributed by atoms with van der Waals surface area (Å²) in [5.74, 6) is 2.30. The lowest BCUT2D eigenvalue weighted by Crippen LogP contribution is -2.30. The summed E-state index contributed by atoms with van der Waals surface area (Å²) in [6.07, 6.45) is 2.64. The average Bonchev–Trinajstić information content (AvgIpc) is 2.93. The monoisotopic (exact) mass is 276 g/mol. The van der Waals surface area contributed by atoms with E-state index in [1.165, 1.54) is 10.4 Å². The Hall–Kier alpha value is -1.82. The van der Waals surface area contributed by atoms with Crippen LogP contribution in [-0.4, -0.2) is 30.7 Å². The molecule has 0 amide bonds. The van der Waals surface area contributed by atoms with E-state index in [2.05, 4.69) is 31.6 Å². The molecule has 0 radical (unpaired) electrons. The summed E-state index contributed by atoms with van der Waals surface area (Å²) in [5.41, 5.74) is 1.39. The normalized spacial score (nSPS) is 14.1. The number of methoxy groups -OCH3 is 1. The summed E-state index contributed by atoms with van der Waals surface area (Å²) in [7, 11) is 3.49. The van der Waals surface area contributed by atoms with Gasteiger partial charge in [-0.3, -0.25) is 0 Å². The van der Waals surface area contributed by atoms with Crippen LogP contribution in [0.1, 0.15) is 10.4 Å². The van der Waals surface area contributed by atoms with Crippen molar-refractivity contribution in [1.82, 2.24) is 9.97 Å². The zero-order chi connectivity index (χ0) is 13.2. The molecule has 3 rings (SSSR count). The molecule has 0 atom stereocenters. The van der Waals surface area contributed by atoms with Gasteiger partial charge < -0.3 is 15.0 Å². The molecule has 0 unspecified atom stereocenters. The highest BCUT2D eigenvalue weighted by molar-refractivity contribution is 7.10. The zero-order valence-electron chi connectivity index (χ0n) is 11.0. The molecular weight excluding hydrogens is 260 g/mol. The van der Waals surface area contributed by atoms with Crippen LogP contribution in [-0.2, 0) is 13.0 Å². The number of ether oxygens (including phenoxy) is 1. The van der Waals surface area contributed by atoms with E-state index in [0.717, 1.165) is 31.1 Å². The van der Waals surface area contributed by atoms with E-state index in [4.69, 9.17) is 4.74 Å². The van der Waals surface area contributed by atoms with Crippen molar-refractivity contribution in [2.75, 3.05) is 30.9 Å². The standard InChI is InChI=1S/C13H16N4OS/c1-14-12-11(18-2)13(16-8-15-12)17-5-3-10-9(7-17)4-6-19-10/h4,6,8H,3,5,7H2,1-2H3,(H,14,15,16). The van der Waals surface area contributed by atoms with Gasteiger partial charge in [-0.25, -0.2) is 9.97 Å². The largest absolute Gasteiger partial charge is 0.490 e. The van der Waals surface area contributed by atoms with Crippen molar-refractivity contribution in [3.05, 3.63) is 28.2 Å². The number of hydrogen-bond acceptors (Lipinski definition) is 6. The minimum Gasteiger partial charge on any atom is -0.490 e. The molecule has 1 aliphatic heterocycles. The van der Waals surface area contributed by atoms with Gasteiger partial charge in [0.25, 0.3) is 0 Å². The third-order valence-corrected chi connectivity index (χ3v) is 4.36. The van der Waals surface area contributed by atoms with Gasteiger partial charge in [0.1, 0.15) is 6.33 Å². The molecule has 3 heterocycles. The minimum atomic E-state index is 0.712. The number of fused-ring (bicyclic) bond motifs is 1. The minimum absolute atomic E-state index is 0.712. The van der Waals surface area contributed by atoms with Gasteiger partial charge in [-0.05, 0) is 23.4 Å². The maximum Gasteiger partial charge on any atom is 0.204 e. The summed E-state index contributed by atoms with van der Waals surface area (Å²) in [6, 6.07) is 2.19. The Kier molecular flexibility index (Phi) is 3.25. The van der Waals surface area contributed by atoms with Crippen molar-refractivity contribution in [1.29, 1.82) is 0 Å². The first kappa shape index (κ1) is 12.2. The molecule has 0 saturated carbocycles. The molecule has 19 heavy (non-hydrogen) atoms. The molecule has 0 aromatic carbocycles. The topological polar surface area (TPSA) is 50.3 Å². The van der Waals surface area contributed by atoms with E-state index in [0.29, 0.717) is 5.75 Å². The van der Waals surface area contributed by atoms with E-state index in [1.54, 1.807) is 13.4 Å². The fraction of sp³-hybridized carbons (Fsp3) is 0.385. The van der Waals surface area contributed by atoms with Gasteiger partial charge in [-0.15, -0.1) is 11.3 Å². The van der Waals surface area contributed by atoms with Gasteiger partial charge in [0, 0.05) is 25.0 Å². The second kappa shape index (κ2) is 5.05. The molecule has 6 heteroatoms. The quantitative estimate of drug-likeness (QED) is 0.931. The highest BCUT2D eigenvalue weighted by atomic mass is 32.1. The van der Waals surface area contributed by atoms with Crippen molar-refractivity contribution >= 4 is 23.0 Å². The molecule has 2 aromatic rings. The summed E-state index contributed by atoms with van der Waals surface area (Å²) >= 11 is 1.84. The molecule has 5 nitrogen and oxygen atoms in total. The average molecular weight is 276 g/mol. The van der Waals surface area contributed by atoms with E-state index in [-0.39, 0.29) is 0 Å². The van der Waals surface area contributed by atoms with Gasteiger partial charge >= 0.3 is 0 Å². The van der Waals surface area contributed by atoms with Crippen molar-refractivity contribution in [2.24, 2.45) is 0 Å². The van der Waals surface area contributed by atoms with Crippen molar-refractivity contribution in [3.63, 3.8) is 0 Å². The molecule has 2 aromatic heterocycles. The number of nitrogens with one attached hydrogen (secondary N) is 1. The number of anilines is 2. The molecular formula is C13H16N4OS. The second-order valence-corrected chi connectivity index (χ2v) is 5.37. The number of aromatic nitrogens is 2. The van der Waals surface area contributed by atoms with Crippen molar-refractivity contribution < 1.29 is 4.74 Å². The van der Waals surface area contributed by atoms with Crippen LogP contribution in [0.4, 0.5) is 11.6 Å². The molecule has 0 fully saturated rings. The lowest BCUT2D eigenvalue weighted by Gasteiger charge is -2.29. The first-order valence-electron chi connectivity index (χ1n) is 6.20. The van der Waals surface area contributed by atoms with Gasteiger partial charge in [-0.2, -0.15) is 0 Å².